The Morgan fingerprint density at radius 3 is 2.30 bits per heavy atom. The summed E-state index contributed by atoms with van der Waals surface area (Å²) in [6.07, 6.45) is 3.39. The molecule has 0 radical (unpaired) electrons. The molecule has 2 unspecified atom stereocenters. The standard InChI is InChI=1S/C22H20Cl2N2O4/c1-30-19-9-7-13(26-21(28)14-4-2-3-5-15(14)22(26)29)11-18(19)25-20(27)16-8-6-12(23)10-17(16)24/h6-11,14-15H,2-5H2,1H3,(H,25,27). The van der Waals surface area contributed by atoms with Crippen molar-refractivity contribution in [2.75, 3.05) is 17.3 Å². The molecule has 0 bridgehead atoms. The van der Waals surface area contributed by atoms with E-state index in [9.17, 15) is 14.4 Å². The van der Waals surface area contributed by atoms with Crippen molar-refractivity contribution >= 4 is 52.3 Å². The van der Waals surface area contributed by atoms with E-state index in [2.05, 4.69) is 5.32 Å². The van der Waals surface area contributed by atoms with Crippen LogP contribution in [0.3, 0.4) is 0 Å². The minimum atomic E-state index is -0.458. The lowest BCUT2D eigenvalue weighted by molar-refractivity contribution is -0.122. The van der Waals surface area contributed by atoms with Crippen LogP contribution in [-0.2, 0) is 9.59 Å². The lowest BCUT2D eigenvalue weighted by atomic mass is 9.81. The van der Waals surface area contributed by atoms with E-state index in [0.29, 0.717) is 22.1 Å². The number of halogens is 2. The summed E-state index contributed by atoms with van der Waals surface area (Å²) in [5.41, 5.74) is 0.993. The van der Waals surface area contributed by atoms with Gasteiger partial charge in [0.15, 0.2) is 0 Å². The Balaban J connectivity index is 1.65. The molecule has 1 aliphatic heterocycles. The van der Waals surface area contributed by atoms with Crippen molar-refractivity contribution in [1.29, 1.82) is 0 Å². The van der Waals surface area contributed by atoms with E-state index < -0.39 is 5.91 Å². The van der Waals surface area contributed by atoms with Gasteiger partial charge in [-0.15, -0.1) is 0 Å². The fourth-order valence-corrected chi connectivity index (χ4v) is 4.71. The number of carbonyl (C=O) groups excluding carboxylic acids is 3. The molecule has 2 aromatic carbocycles. The number of carbonyl (C=O) groups is 3. The van der Waals surface area contributed by atoms with E-state index >= 15 is 0 Å². The SMILES string of the molecule is COc1ccc(N2C(=O)C3CCCCC3C2=O)cc1NC(=O)c1ccc(Cl)cc1Cl. The van der Waals surface area contributed by atoms with E-state index in [-0.39, 0.29) is 34.2 Å². The Morgan fingerprint density at radius 1 is 1.03 bits per heavy atom. The van der Waals surface area contributed by atoms with E-state index in [1.165, 1.54) is 24.1 Å². The molecule has 3 amide bonds. The van der Waals surface area contributed by atoms with E-state index in [1.54, 1.807) is 24.3 Å². The highest BCUT2D eigenvalue weighted by Crippen LogP contribution is 2.41. The van der Waals surface area contributed by atoms with Crippen molar-refractivity contribution in [2.45, 2.75) is 25.7 Å². The number of methoxy groups -OCH3 is 1. The zero-order valence-corrected chi connectivity index (χ0v) is 17.8. The molecular weight excluding hydrogens is 427 g/mol. The number of nitrogens with zero attached hydrogens (tertiary/aromatic N) is 1. The number of imide groups is 1. The predicted molar refractivity (Wildman–Crippen MR) is 115 cm³/mol. The third-order valence-corrected chi connectivity index (χ3v) is 6.25. The first-order valence-electron chi connectivity index (χ1n) is 9.73. The molecule has 1 saturated heterocycles. The Kier molecular flexibility index (Phi) is 5.71. The summed E-state index contributed by atoms with van der Waals surface area (Å²) >= 11 is 12.0. The fourth-order valence-electron chi connectivity index (χ4n) is 4.21. The molecule has 2 fully saturated rings. The first-order valence-corrected chi connectivity index (χ1v) is 10.5. The number of benzene rings is 2. The molecule has 6 nitrogen and oxygen atoms in total. The Morgan fingerprint density at radius 2 is 1.70 bits per heavy atom. The van der Waals surface area contributed by atoms with Gasteiger partial charge in [0.25, 0.3) is 5.91 Å². The molecule has 0 spiro atoms. The number of fused-ring (bicyclic) bond motifs is 1. The molecule has 4 rings (SSSR count). The van der Waals surface area contributed by atoms with Crippen molar-refractivity contribution in [3.8, 4) is 5.75 Å². The van der Waals surface area contributed by atoms with Crippen LogP contribution in [0.4, 0.5) is 11.4 Å². The molecule has 156 valence electrons. The summed E-state index contributed by atoms with van der Waals surface area (Å²) < 4.78 is 5.34. The van der Waals surface area contributed by atoms with Gasteiger partial charge < -0.3 is 10.1 Å². The fraction of sp³-hybridized carbons (Fsp3) is 0.318. The summed E-state index contributed by atoms with van der Waals surface area (Å²) in [7, 11) is 1.47. The second-order valence-corrected chi connectivity index (χ2v) is 8.32. The van der Waals surface area contributed by atoms with Gasteiger partial charge in [0.2, 0.25) is 11.8 Å². The summed E-state index contributed by atoms with van der Waals surface area (Å²) in [6, 6.07) is 9.42. The van der Waals surface area contributed by atoms with Gasteiger partial charge in [-0.2, -0.15) is 0 Å². The van der Waals surface area contributed by atoms with Crippen LogP contribution in [-0.4, -0.2) is 24.8 Å². The third-order valence-electron chi connectivity index (χ3n) is 5.71. The summed E-state index contributed by atoms with van der Waals surface area (Å²) in [4.78, 5) is 39.8. The van der Waals surface area contributed by atoms with Crippen LogP contribution in [0.15, 0.2) is 36.4 Å². The number of nitrogens with one attached hydrogen (secondary N) is 1. The van der Waals surface area contributed by atoms with Gasteiger partial charge >= 0.3 is 0 Å². The van der Waals surface area contributed by atoms with Crippen LogP contribution in [0.1, 0.15) is 36.0 Å². The van der Waals surface area contributed by atoms with Gasteiger partial charge in [0.05, 0.1) is 40.9 Å². The zero-order valence-electron chi connectivity index (χ0n) is 16.3. The number of hydrogen-bond donors (Lipinski definition) is 1. The normalized spacial score (nSPS) is 20.8. The van der Waals surface area contributed by atoms with Crippen LogP contribution in [0.25, 0.3) is 0 Å². The van der Waals surface area contributed by atoms with Gasteiger partial charge in [-0.25, -0.2) is 4.90 Å². The maximum absolute atomic E-state index is 12.9. The topological polar surface area (TPSA) is 75.7 Å². The molecule has 1 heterocycles. The second-order valence-electron chi connectivity index (χ2n) is 7.47. The lowest BCUT2D eigenvalue weighted by Gasteiger charge is -2.19. The molecule has 30 heavy (non-hydrogen) atoms. The second kappa shape index (κ2) is 8.28. The smallest absolute Gasteiger partial charge is 0.257 e. The Bertz CT molecular complexity index is 1020. The zero-order chi connectivity index (χ0) is 21.4. The highest BCUT2D eigenvalue weighted by molar-refractivity contribution is 6.37. The first kappa shape index (κ1) is 20.7. The van der Waals surface area contributed by atoms with Gasteiger partial charge in [-0.1, -0.05) is 36.0 Å². The molecule has 8 heteroatoms. The highest BCUT2D eigenvalue weighted by Gasteiger charge is 2.48. The van der Waals surface area contributed by atoms with Crippen molar-refractivity contribution in [3.63, 3.8) is 0 Å². The average Bonchev–Trinajstić information content (AvgIpc) is 2.98. The molecule has 2 atom stereocenters. The molecule has 1 saturated carbocycles. The van der Waals surface area contributed by atoms with Gasteiger partial charge in [-0.05, 0) is 49.2 Å². The number of rotatable bonds is 4. The number of anilines is 2. The van der Waals surface area contributed by atoms with E-state index in [0.717, 1.165) is 25.7 Å². The summed E-state index contributed by atoms with van der Waals surface area (Å²) in [6.45, 7) is 0. The number of amides is 3. The van der Waals surface area contributed by atoms with Crippen LogP contribution < -0.4 is 15.0 Å². The van der Waals surface area contributed by atoms with E-state index in [4.69, 9.17) is 27.9 Å². The Labute approximate surface area is 184 Å². The molecule has 2 aromatic rings. The van der Waals surface area contributed by atoms with Crippen LogP contribution in [0.2, 0.25) is 10.0 Å². The quantitative estimate of drug-likeness (QED) is 0.675. The molecule has 1 N–H and O–H groups in total. The van der Waals surface area contributed by atoms with Crippen LogP contribution in [0, 0.1) is 11.8 Å². The highest BCUT2D eigenvalue weighted by atomic mass is 35.5. The third kappa shape index (κ3) is 3.66. The van der Waals surface area contributed by atoms with Crippen LogP contribution >= 0.6 is 23.2 Å². The molecule has 2 aliphatic rings. The minimum absolute atomic E-state index is 0.173. The summed E-state index contributed by atoms with van der Waals surface area (Å²) in [5.74, 6) is -0.909. The van der Waals surface area contributed by atoms with Crippen molar-refractivity contribution < 1.29 is 19.1 Å². The van der Waals surface area contributed by atoms with Crippen LogP contribution in [0.5, 0.6) is 5.75 Å². The van der Waals surface area contributed by atoms with Gasteiger partial charge in [-0.3, -0.25) is 14.4 Å². The predicted octanol–water partition coefficient (Wildman–Crippen LogP) is 4.93. The Hall–Kier alpha value is -2.57. The van der Waals surface area contributed by atoms with Crippen molar-refractivity contribution in [2.24, 2.45) is 11.8 Å². The first-order chi connectivity index (χ1) is 14.4. The maximum atomic E-state index is 12.9. The summed E-state index contributed by atoms with van der Waals surface area (Å²) in [5, 5.41) is 3.39. The number of ether oxygens (including phenoxy) is 1. The van der Waals surface area contributed by atoms with Crippen molar-refractivity contribution in [3.05, 3.63) is 52.0 Å². The van der Waals surface area contributed by atoms with Gasteiger partial charge in [0, 0.05) is 5.02 Å². The monoisotopic (exact) mass is 446 g/mol. The van der Waals surface area contributed by atoms with Crippen molar-refractivity contribution in [1.82, 2.24) is 0 Å². The maximum Gasteiger partial charge on any atom is 0.257 e. The average molecular weight is 447 g/mol. The number of hydrogen-bond acceptors (Lipinski definition) is 4. The lowest BCUT2D eigenvalue weighted by Crippen LogP contribution is -2.31. The molecular formula is C22H20Cl2N2O4. The van der Waals surface area contributed by atoms with Gasteiger partial charge in [0.1, 0.15) is 5.75 Å². The largest absolute Gasteiger partial charge is 0.495 e. The van der Waals surface area contributed by atoms with E-state index in [1.807, 2.05) is 0 Å². The molecule has 1 aliphatic carbocycles. The minimum Gasteiger partial charge on any atom is -0.495 e. The molecule has 0 aromatic heterocycles.